The van der Waals surface area contributed by atoms with Crippen LogP contribution in [0.3, 0.4) is 0 Å². The average molecular weight is 258 g/mol. The van der Waals surface area contributed by atoms with Gasteiger partial charge in [0.05, 0.1) is 6.61 Å². The third kappa shape index (κ3) is 3.43. The van der Waals surface area contributed by atoms with Crippen molar-refractivity contribution < 1.29 is 15.0 Å². The molecule has 1 aromatic carbocycles. The van der Waals surface area contributed by atoms with Gasteiger partial charge in [0.25, 0.3) is 0 Å². The molecule has 0 heterocycles. The normalized spacial score (nSPS) is 12.7. The van der Waals surface area contributed by atoms with E-state index in [2.05, 4.69) is 0 Å². The Morgan fingerprint density at radius 2 is 2.12 bits per heavy atom. The number of aliphatic carboxylic acids is 1. The number of hydrogen-bond acceptors (Lipinski definition) is 3. The van der Waals surface area contributed by atoms with E-state index in [0.29, 0.717) is 23.7 Å². The minimum Gasteiger partial charge on any atom is -0.480 e. The first-order valence-electron chi connectivity index (χ1n) is 5.44. The van der Waals surface area contributed by atoms with Gasteiger partial charge >= 0.3 is 5.97 Å². The molecule has 94 valence electrons. The van der Waals surface area contributed by atoms with Crippen LogP contribution in [0, 0.1) is 0 Å². The summed E-state index contributed by atoms with van der Waals surface area (Å²) >= 11 is 6.01. The molecule has 0 fully saturated rings. The largest absolute Gasteiger partial charge is 0.480 e. The van der Waals surface area contributed by atoms with Crippen molar-refractivity contribution in [3.63, 3.8) is 0 Å². The fraction of sp³-hybridized carbons (Fsp3) is 0.417. The maximum atomic E-state index is 11.3. The highest BCUT2D eigenvalue weighted by Crippen LogP contribution is 2.27. The van der Waals surface area contributed by atoms with E-state index in [1.54, 1.807) is 29.2 Å². The number of nitrogens with zero attached hydrogens (tertiary/aromatic N) is 1. The highest BCUT2D eigenvalue weighted by Gasteiger charge is 2.27. The summed E-state index contributed by atoms with van der Waals surface area (Å²) in [7, 11) is 0. The highest BCUT2D eigenvalue weighted by molar-refractivity contribution is 6.31. The van der Waals surface area contributed by atoms with Gasteiger partial charge in [-0.1, -0.05) is 36.7 Å². The Labute approximate surface area is 105 Å². The van der Waals surface area contributed by atoms with E-state index in [1.807, 2.05) is 6.92 Å². The third-order valence-corrected chi connectivity index (χ3v) is 2.94. The maximum Gasteiger partial charge on any atom is 0.325 e. The lowest BCUT2D eigenvalue weighted by atomic mass is 10.1. The zero-order chi connectivity index (χ0) is 12.8. The van der Waals surface area contributed by atoms with Crippen LogP contribution in [0.15, 0.2) is 24.3 Å². The monoisotopic (exact) mass is 257 g/mol. The summed E-state index contributed by atoms with van der Waals surface area (Å²) in [5, 5.41) is 18.7. The van der Waals surface area contributed by atoms with Gasteiger partial charge in [-0.05, 0) is 18.2 Å². The van der Waals surface area contributed by atoms with Crippen molar-refractivity contribution >= 4 is 17.6 Å². The smallest absolute Gasteiger partial charge is 0.325 e. The van der Waals surface area contributed by atoms with Gasteiger partial charge in [0.15, 0.2) is 0 Å². The van der Waals surface area contributed by atoms with E-state index in [9.17, 15) is 9.90 Å². The van der Waals surface area contributed by atoms with Gasteiger partial charge in [-0.25, -0.2) is 0 Å². The molecular weight excluding hydrogens is 242 g/mol. The Balaban J connectivity index is 3.08. The molecule has 0 amide bonds. The van der Waals surface area contributed by atoms with Crippen molar-refractivity contribution in [3.05, 3.63) is 34.9 Å². The molecule has 0 aliphatic heterocycles. The van der Waals surface area contributed by atoms with Gasteiger partial charge in [0.2, 0.25) is 0 Å². The third-order valence-electron chi connectivity index (χ3n) is 2.59. The molecule has 0 aliphatic rings. The summed E-state index contributed by atoms with van der Waals surface area (Å²) in [4.78, 5) is 13.0. The Hall–Kier alpha value is -1.10. The van der Waals surface area contributed by atoms with Crippen molar-refractivity contribution in [2.24, 2.45) is 0 Å². The molecule has 0 aliphatic carbocycles. The molecule has 0 bridgehead atoms. The van der Waals surface area contributed by atoms with E-state index in [0.717, 1.165) is 0 Å². The lowest BCUT2D eigenvalue weighted by molar-refractivity contribution is -0.143. The number of carboxylic acid groups (broad SMARTS) is 1. The molecule has 1 atom stereocenters. The fourth-order valence-electron chi connectivity index (χ4n) is 1.78. The predicted octanol–water partition coefficient (Wildman–Crippen LogP) is 1.78. The van der Waals surface area contributed by atoms with E-state index in [4.69, 9.17) is 16.7 Å². The van der Waals surface area contributed by atoms with Crippen molar-refractivity contribution in [2.75, 3.05) is 19.7 Å². The molecule has 1 unspecified atom stereocenters. The summed E-state index contributed by atoms with van der Waals surface area (Å²) in [6.07, 6.45) is 0. The minimum atomic E-state index is -0.964. The molecule has 1 rings (SSSR count). The summed E-state index contributed by atoms with van der Waals surface area (Å²) in [6, 6.07) is 6.05. The predicted molar refractivity (Wildman–Crippen MR) is 66.2 cm³/mol. The average Bonchev–Trinajstić information content (AvgIpc) is 2.30. The first-order valence-corrected chi connectivity index (χ1v) is 5.81. The number of benzene rings is 1. The second-order valence-electron chi connectivity index (χ2n) is 3.61. The van der Waals surface area contributed by atoms with Crippen molar-refractivity contribution in [1.29, 1.82) is 0 Å². The number of carboxylic acids is 1. The summed E-state index contributed by atoms with van der Waals surface area (Å²) in [5.74, 6) is -0.964. The standard InChI is InChI=1S/C12H16ClNO3/c1-2-14(7-8-15)11(12(16)17)9-5-3-4-6-10(9)13/h3-6,11,15H,2,7-8H2,1H3,(H,16,17). The molecule has 4 nitrogen and oxygen atoms in total. The fourth-order valence-corrected chi connectivity index (χ4v) is 2.02. The highest BCUT2D eigenvalue weighted by atomic mass is 35.5. The number of rotatable bonds is 6. The van der Waals surface area contributed by atoms with Crippen LogP contribution in [-0.2, 0) is 4.79 Å². The van der Waals surface area contributed by atoms with Crippen molar-refractivity contribution in [2.45, 2.75) is 13.0 Å². The molecule has 0 aromatic heterocycles. The Morgan fingerprint density at radius 1 is 1.47 bits per heavy atom. The second-order valence-corrected chi connectivity index (χ2v) is 4.02. The number of aliphatic hydroxyl groups is 1. The van der Waals surface area contributed by atoms with Gasteiger partial charge in [0, 0.05) is 11.6 Å². The van der Waals surface area contributed by atoms with Crippen LogP contribution in [0.5, 0.6) is 0 Å². The molecular formula is C12H16ClNO3. The minimum absolute atomic E-state index is 0.0813. The molecule has 5 heteroatoms. The van der Waals surface area contributed by atoms with Gasteiger partial charge in [-0.15, -0.1) is 0 Å². The molecule has 0 saturated heterocycles. The molecule has 17 heavy (non-hydrogen) atoms. The Morgan fingerprint density at radius 3 is 2.59 bits per heavy atom. The summed E-state index contributed by atoms with van der Waals surface area (Å²) in [6.45, 7) is 2.60. The van der Waals surface area contributed by atoms with E-state index in [1.165, 1.54) is 0 Å². The van der Waals surface area contributed by atoms with Crippen LogP contribution in [0.4, 0.5) is 0 Å². The summed E-state index contributed by atoms with van der Waals surface area (Å²) < 4.78 is 0. The Kier molecular flexibility index (Phi) is 5.41. The Bertz CT molecular complexity index is 384. The van der Waals surface area contributed by atoms with Crippen LogP contribution >= 0.6 is 11.6 Å². The van der Waals surface area contributed by atoms with Crippen molar-refractivity contribution in [3.8, 4) is 0 Å². The van der Waals surface area contributed by atoms with Crippen LogP contribution in [0.2, 0.25) is 5.02 Å². The molecule has 0 spiro atoms. The van der Waals surface area contributed by atoms with Crippen LogP contribution < -0.4 is 0 Å². The molecule has 0 saturated carbocycles. The van der Waals surface area contributed by atoms with Gasteiger partial charge < -0.3 is 10.2 Å². The van der Waals surface area contributed by atoms with Crippen LogP contribution in [0.1, 0.15) is 18.5 Å². The van der Waals surface area contributed by atoms with Crippen molar-refractivity contribution in [1.82, 2.24) is 4.90 Å². The number of carbonyl (C=O) groups is 1. The summed E-state index contributed by atoms with van der Waals surface area (Å²) in [5.41, 5.74) is 0.553. The zero-order valence-electron chi connectivity index (χ0n) is 9.64. The number of halogens is 1. The van der Waals surface area contributed by atoms with E-state index in [-0.39, 0.29) is 6.61 Å². The van der Waals surface area contributed by atoms with E-state index < -0.39 is 12.0 Å². The molecule has 0 radical (unpaired) electrons. The zero-order valence-corrected chi connectivity index (χ0v) is 10.4. The maximum absolute atomic E-state index is 11.3. The van der Waals surface area contributed by atoms with Gasteiger partial charge in [0.1, 0.15) is 6.04 Å². The quantitative estimate of drug-likeness (QED) is 0.816. The SMILES string of the molecule is CCN(CCO)C(C(=O)O)c1ccccc1Cl. The van der Waals surface area contributed by atoms with Gasteiger partial charge in [-0.3, -0.25) is 9.69 Å². The lowest BCUT2D eigenvalue weighted by Gasteiger charge is -2.27. The number of hydrogen-bond donors (Lipinski definition) is 2. The van der Waals surface area contributed by atoms with Crippen LogP contribution in [0.25, 0.3) is 0 Å². The van der Waals surface area contributed by atoms with Gasteiger partial charge in [-0.2, -0.15) is 0 Å². The first-order chi connectivity index (χ1) is 8.11. The number of likely N-dealkylation sites (N-methyl/N-ethyl adjacent to an activating group) is 1. The molecule has 1 aromatic rings. The first kappa shape index (κ1) is 14.0. The second kappa shape index (κ2) is 6.59. The lowest BCUT2D eigenvalue weighted by Crippen LogP contribution is -2.36. The topological polar surface area (TPSA) is 60.8 Å². The number of aliphatic hydroxyl groups excluding tert-OH is 1. The van der Waals surface area contributed by atoms with E-state index >= 15 is 0 Å². The molecule has 2 N–H and O–H groups in total. The van der Waals surface area contributed by atoms with Crippen LogP contribution in [-0.4, -0.2) is 40.8 Å².